The van der Waals surface area contributed by atoms with Crippen LogP contribution in [0.3, 0.4) is 0 Å². The fourth-order valence-electron chi connectivity index (χ4n) is 6.85. The topological polar surface area (TPSA) is 97.9 Å². The Morgan fingerprint density at radius 2 is 1.39 bits per heavy atom. The summed E-state index contributed by atoms with van der Waals surface area (Å²) in [5.41, 5.74) is 1.73. The van der Waals surface area contributed by atoms with Crippen molar-refractivity contribution in [3.8, 4) is 23.0 Å². The van der Waals surface area contributed by atoms with E-state index in [0.29, 0.717) is 40.6 Å². The first-order chi connectivity index (χ1) is 21.3. The second-order valence-electron chi connectivity index (χ2n) is 11.9. The Morgan fingerprint density at radius 3 is 2.07 bits per heavy atom. The lowest BCUT2D eigenvalue weighted by atomic mass is 9.98. The summed E-state index contributed by atoms with van der Waals surface area (Å²) < 4.78 is 48.1. The zero-order chi connectivity index (χ0) is 30.4. The summed E-state index contributed by atoms with van der Waals surface area (Å²) in [6, 6.07) is 18.3. The van der Waals surface area contributed by atoms with Crippen molar-refractivity contribution in [3.05, 3.63) is 71.8 Å². The normalized spacial score (nSPS) is 21.4. The lowest BCUT2D eigenvalue weighted by molar-refractivity contribution is 0.0135. The maximum atomic E-state index is 13.3. The lowest BCUT2D eigenvalue weighted by Crippen LogP contribution is -2.57. The molecule has 1 amide bonds. The van der Waals surface area contributed by atoms with E-state index in [2.05, 4.69) is 23.6 Å². The average Bonchev–Trinajstić information content (AvgIpc) is 3.73. The van der Waals surface area contributed by atoms with E-state index in [1.165, 1.54) is 6.07 Å². The van der Waals surface area contributed by atoms with Gasteiger partial charge in [0.05, 0.1) is 9.79 Å². The number of amides is 1. The molecule has 10 nitrogen and oxygen atoms in total. The first-order valence-electron chi connectivity index (χ1n) is 15.2. The summed E-state index contributed by atoms with van der Waals surface area (Å²) in [5, 5.41) is 0. The number of benzene rings is 3. The standard InChI is InChI=1S/C33H37N3O7S/c1-22-19-35(26-11-13-34(14-12-26)33(37)25-5-9-29-31(17-25)42-20-40-29)15-16-36(22)23(2)24-3-6-27(7-4-24)44(38,39)28-8-10-30-32(18-28)43-21-41-30/h3-10,17-18,22-23,26H,11-16,19-21H2,1-2H3/t22-,23+/m1/s1. The second kappa shape index (κ2) is 11.6. The number of ether oxygens (including phenoxy) is 4. The molecule has 7 rings (SSSR count). The van der Waals surface area contributed by atoms with Gasteiger partial charge in [-0.2, -0.15) is 0 Å². The summed E-state index contributed by atoms with van der Waals surface area (Å²) in [4.78, 5) is 20.6. The van der Waals surface area contributed by atoms with Gasteiger partial charge < -0.3 is 23.8 Å². The first-order valence-corrected chi connectivity index (χ1v) is 16.7. The number of sulfone groups is 1. The van der Waals surface area contributed by atoms with Crippen molar-refractivity contribution in [3.63, 3.8) is 0 Å². The first kappa shape index (κ1) is 28.9. The summed E-state index contributed by atoms with van der Waals surface area (Å²) in [5.74, 6) is 2.37. The molecule has 0 unspecified atom stereocenters. The summed E-state index contributed by atoms with van der Waals surface area (Å²) in [7, 11) is -3.68. The highest BCUT2D eigenvalue weighted by molar-refractivity contribution is 7.91. The molecule has 0 N–H and O–H groups in total. The molecule has 4 heterocycles. The third-order valence-corrected chi connectivity index (χ3v) is 11.2. The largest absolute Gasteiger partial charge is 0.454 e. The fraction of sp³-hybridized carbons (Fsp3) is 0.424. The van der Waals surface area contributed by atoms with Gasteiger partial charge in [0.15, 0.2) is 23.0 Å². The van der Waals surface area contributed by atoms with Crippen LogP contribution < -0.4 is 18.9 Å². The van der Waals surface area contributed by atoms with Crippen LogP contribution in [0.2, 0.25) is 0 Å². The van der Waals surface area contributed by atoms with Crippen molar-refractivity contribution in [1.82, 2.24) is 14.7 Å². The molecule has 44 heavy (non-hydrogen) atoms. The zero-order valence-electron chi connectivity index (χ0n) is 25.0. The van der Waals surface area contributed by atoms with Crippen molar-refractivity contribution >= 4 is 15.7 Å². The highest BCUT2D eigenvalue weighted by atomic mass is 32.2. The monoisotopic (exact) mass is 619 g/mol. The Kier molecular flexibility index (Phi) is 7.63. The minimum Gasteiger partial charge on any atom is -0.454 e. The molecule has 11 heteroatoms. The van der Waals surface area contributed by atoms with Gasteiger partial charge in [-0.15, -0.1) is 0 Å². The Balaban J connectivity index is 0.937. The van der Waals surface area contributed by atoms with Gasteiger partial charge in [-0.3, -0.25) is 14.6 Å². The molecular formula is C33H37N3O7S. The van der Waals surface area contributed by atoms with Gasteiger partial charge in [-0.1, -0.05) is 12.1 Å². The van der Waals surface area contributed by atoms with Gasteiger partial charge in [-0.25, -0.2) is 8.42 Å². The van der Waals surface area contributed by atoms with Gasteiger partial charge in [-0.05, 0) is 74.7 Å². The second-order valence-corrected chi connectivity index (χ2v) is 13.9. The van der Waals surface area contributed by atoms with E-state index in [0.717, 1.165) is 51.1 Å². The van der Waals surface area contributed by atoms with Crippen LogP contribution in [0.5, 0.6) is 23.0 Å². The highest BCUT2D eigenvalue weighted by Gasteiger charge is 2.34. The number of likely N-dealkylation sites (tertiary alicyclic amines) is 1. The minimum atomic E-state index is -3.68. The quantitative estimate of drug-likeness (QED) is 0.399. The van der Waals surface area contributed by atoms with Gasteiger partial charge in [0, 0.05) is 62.5 Å². The zero-order valence-corrected chi connectivity index (χ0v) is 25.8. The molecule has 0 bridgehead atoms. The van der Waals surface area contributed by atoms with Crippen LogP contribution in [0.4, 0.5) is 0 Å². The fourth-order valence-corrected chi connectivity index (χ4v) is 8.13. The maximum Gasteiger partial charge on any atom is 0.253 e. The van der Waals surface area contributed by atoms with Crippen molar-refractivity contribution in [2.75, 3.05) is 46.3 Å². The molecule has 4 aliphatic heterocycles. The molecule has 0 spiro atoms. The molecule has 0 saturated carbocycles. The molecule has 0 radical (unpaired) electrons. The van der Waals surface area contributed by atoms with Crippen molar-refractivity contribution in [2.45, 2.75) is 54.6 Å². The molecule has 2 saturated heterocycles. The van der Waals surface area contributed by atoms with Crippen molar-refractivity contribution in [2.24, 2.45) is 0 Å². The molecule has 2 fully saturated rings. The van der Waals surface area contributed by atoms with E-state index in [9.17, 15) is 13.2 Å². The Hall–Kier alpha value is -3.80. The molecule has 232 valence electrons. The number of piperazine rings is 1. The van der Waals surface area contributed by atoms with Crippen LogP contribution in [0.25, 0.3) is 0 Å². The Bertz CT molecular complexity index is 1650. The van der Waals surface area contributed by atoms with E-state index in [1.54, 1.807) is 30.3 Å². The molecule has 4 aliphatic rings. The van der Waals surface area contributed by atoms with Crippen LogP contribution in [-0.2, 0) is 9.84 Å². The smallest absolute Gasteiger partial charge is 0.253 e. The number of piperidine rings is 1. The summed E-state index contributed by atoms with van der Waals surface area (Å²) in [6.07, 6.45) is 1.91. The van der Waals surface area contributed by atoms with Gasteiger partial charge in [0.1, 0.15) is 0 Å². The molecule has 3 aromatic carbocycles. The number of hydrogen-bond donors (Lipinski definition) is 0. The van der Waals surface area contributed by atoms with Gasteiger partial charge >= 0.3 is 0 Å². The van der Waals surface area contributed by atoms with E-state index >= 15 is 0 Å². The number of carbonyl (C=O) groups is 1. The predicted molar refractivity (Wildman–Crippen MR) is 162 cm³/mol. The SMILES string of the molecule is C[C@@H]1CN(C2CCN(C(=O)c3ccc4c(c3)OCO4)CC2)CCN1[C@@H](C)c1ccc(S(=O)(=O)c2ccc3c(c2)OCO3)cc1. The van der Waals surface area contributed by atoms with E-state index < -0.39 is 9.84 Å². The van der Waals surface area contributed by atoms with Gasteiger partial charge in [0.25, 0.3) is 5.91 Å². The number of carbonyl (C=O) groups excluding carboxylic acids is 1. The van der Waals surface area contributed by atoms with E-state index in [-0.39, 0.29) is 35.3 Å². The van der Waals surface area contributed by atoms with Crippen LogP contribution in [0, 0.1) is 0 Å². The third-order valence-electron chi connectivity index (χ3n) is 9.42. The summed E-state index contributed by atoms with van der Waals surface area (Å²) in [6.45, 7) is 9.08. The van der Waals surface area contributed by atoms with E-state index in [4.69, 9.17) is 18.9 Å². The Morgan fingerprint density at radius 1 is 0.773 bits per heavy atom. The van der Waals surface area contributed by atoms with E-state index in [1.807, 2.05) is 29.2 Å². The number of fused-ring (bicyclic) bond motifs is 2. The predicted octanol–water partition coefficient (Wildman–Crippen LogP) is 4.35. The van der Waals surface area contributed by atoms with Crippen LogP contribution in [0.1, 0.15) is 48.7 Å². The Labute approximate surface area is 258 Å². The third kappa shape index (κ3) is 5.37. The maximum absolute atomic E-state index is 13.3. The van der Waals surface area contributed by atoms with Crippen molar-refractivity contribution in [1.29, 1.82) is 0 Å². The molecule has 3 aromatic rings. The highest BCUT2D eigenvalue weighted by Crippen LogP contribution is 2.36. The average molecular weight is 620 g/mol. The minimum absolute atomic E-state index is 0.0449. The molecule has 0 aromatic heterocycles. The number of rotatable bonds is 6. The number of hydrogen-bond acceptors (Lipinski definition) is 9. The van der Waals surface area contributed by atoms with Crippen molar-refractivity contribution < 1.29 is 32.2 Å². The van der Waals surface area contributed by atoms with Gasteiger partial charge in [0.2, 0.25) is 23.4 Å². The number of nitrogens with zero attached hydrogens (tertiary/aromatic N) is 3. The molecule has 0 aliphatic carbocycles. The van der Waals surface area contributed by atoms with Crippen LogP contribution in [0.15, 0.2) is 70.5 Å². The van der Waals surface area contributed by atoms with Crippen LogP contribution in [-0.4, -0.2) is 87.4 Å². The molecular weight excluding hydrogens is 582 g/mol. The van der Waals surface area contributed by atoms with Crippen LogP contribution >= 0.6 is 0 Å². The summed E-state index contributed by atoms with van der Waals surface area (Å²) >= 11 is 0. The lowest BCUT2D eigenvalue weighted by Gasteiger charge is -2.47. The molecule has 2 atom stereocenters.